The minimum atomic E-state index is -0.424. The van der Waals surface area contributed by atoms with Crippen LogP contribution in [-0.4, -0.2) is 23.2 Å². The van der Waals surface area contributed by atoms with Crippen LogP contribution in [0.1, 0.15) is 16.2 Å². The maximum atomic E-state index is 11.3. The summed E-state index contributed by atoms with van der Waals surface area (Å²) in [7, 11) is 1.32. The number of halogens is 2. The molecular weight excluding hydrogens is 303 g/mol. The van der Waals surface area contributed by atoms with E-state index in [2.05, 4.69) is 15.0 Å². The third-order valence-electron chi connectivity index (χ3n) is 2.65. The SMILES string of the molecule is COC(=O)c1ccc(CNc2cc(Cl)c(O)c(Cl)c2)[nH]1. The molecule has 20 heavy (non-hydrogen) atoms. The average molecular weight is 315 g/mol. The van der Waals surface area contributed by atoms with E-state index in [1.54, 1.807) is 24.3 Å². The number of hydrogen-bond donors (Lipinski definition) is 3. The van der Waals surface area contributed by atoms with E-state index in [-0.39, 0.29) is 15.8 Å². The molecule has 0 aliphatic carbocycles. The van der Waals surface area contributed by atoms with Crippen LogP contribution < -0.4 is 5.32 Å². The van der Waals surface area contributed by atoms with Crippen molar-refractivity contribution in [3.8, 4) is 5.75 Å². The normalized spacial score (nSPS) is 10.3. The molecule has 0 atom stereocenters. The Bertz CT molecular complexity index is 617. The number of hydrogen-bond acceptors (Lipinski definition) is 4. The number of phenols is 1. The van der Waals surface area contributed by atoms with E-state index in [0.29, 0.717) is 17.9 Å². The molecule has 106 valence electrons. The molecule has 0 fully saturated rings. The molecule has 1 heterocycles. The molecule has 0 unspecified atom stereocenters. The van der Waals surface area contributed by atoms with Crippen LogP contribution >= 0.6 is 23.2 Å². The summed E-state index contributed by atoms with van der Waals surface area (Å²) in [6, 6.07) is 6.53. The number of methoxy groups -OCH3 is 1. The second kappa shape index (κ2) is 6.07. The second-order valence-corrected chi connectivity index (χ2v) is 4.85. The van der Waals surface area contributed by atoms with Gasteiger partial charge < -0.3 is 20.1 Å². The summed E-state index contributed by atoms with van der Waals surface area (Å²) in [5.41, 5.74) is 1.84. The zero-order valence-corrected chi connectivity index (χ0v) is 12.0. The van der Waals surface area contributed by atoms with E-state index in [9.17, 15) is 9.90 Å². The van der Waals surface area contributed by atoms with Gasteiger partial charge in [-0.05, 0) is 24.3 Å². The van der Waals surface area contributed by atoms with Crippen LogP contribution in [0.4, 0.5) is 5.69 Å². The van der Waals surface area contributed by atoms with Crippen molar-refractivity contribution in [2.75, 3.05) is 12.4 Å². The molecule has 0 aliphatic rings. The third kappa shape index (κ3) is 3.18. The number of H-pyrrole nitrogens is 1. The van der Waals surface area contributed by atoms with Crippen molar-refractivity contribution in [3.63, 3.8) is 0 Å². The monoisotopic (exact) mass is 314 g/mol. The summed E-state index contributed by atoms with van der Waals surface area (Å²) in [5.74, 6) is -0.571. The van der Waals surface area contributed by atoms with E-state index in [1.165, 1.54) is 7.11 Å². The summed E-state index contributed by atoms with van der Waals surface area (Å²) in [6.07, 6.45) is 0. The van der Waals surface area contributed by atoms with E-state index in [4.69, 9.17) is 23.2 Å². The number of benzene rings is 1. The molecule has 0 saturated heterocycles. The molecule has 0 bridgehead atoms. The number of nitrogens with one attached hydrogen (secondary N) is 2. The molecule has 0 saturated carbocycles. The first-order chi connectivity index (χ1) is 9.51. The number of esters is 1. The fourth-order valence-corrected chi connectivity index (χ4v) is 2.12. The number of aromatic nitrogens is 1. The highest BCUT2D eigenvalue weighted by atomic mass is 35.5. The third-order valence-corrected chi connectivity index (χ3v) is 3.23. The van der Waals surface area contributed by atoms with Gasteiger partial charge in [-0.2, -0.15) is 0 Å². The van der Waals surface area contributed by atoms with Gasteiger partial charge in [0.2, 0.25) is 0 Å². The quantitative estimate of drug-likeness (QED) is 0.597. The number of aromatic amines is 1. The van der Waals surface area contributed by atoms with E-state index >= 15 is 0 Å². The van der Waals surface area contributed by atoms with Crippen LogP contribution in [-0.2, 0) is 11.3 Å². The highest BCUT2D eigenvalue weighted by Gasteiger charge is 2.09. The number of carbonyl (C=O) groups excluding carboxylic acids is 1. The van der Waals surface area contributed by atoms with Crippen molar-refractivity contribution in [2.45, 2.75) is 6.54 Å². The van der Waals surface area contributed by atoms with Gasteiger partial charge in [-0.1, -0.05) is 23.2 Å². The Balaban J connectivity index is 2.05. The lowest BCUT2D eigenvalue weighted by molar-refractivity contribution is 0.0594. The van der Waals surface area contributed by atoms with Gasteiger partial charge in [0, 0.05) is 11.4 Å². The Morgan fingerprint density at radius 3 is 2.60 bits per heavy atom. The van der Waals surface area contributed by atoms with Crippen molar-refractivity contribution in [1.29, 1.82) is 0 Å². The first-order valence-electron chi connectivity index (χ1n) is 5.69. The lowest BCUT2D eigenvalue weighted by atomic mass is 10.3. The van der Waals surface area contributed by atoms with Gasteiger partial charge in [-0.15, -0.1) is 0 Å². The Hall–Kier alpha value is -1.85. The molecule has 2 rings (SSSR count). The van der Waals surface area contributed by atoms with Gasteiger partial charge in [0.1, 0.15) is 5.69 Å². The molecule has 1 aromatic heterocycles. The lowest BCUT2D eigenvalue weighted by Gasteiger charge is -2.08. The Morgan fingerprint density at radius 1 is 1.35 bits per heavy atom. The maximum absolute atomic E-state index is 11.3. The van der Waals surface area contributed by atoms with Crippen LogP contribution in [0.25, 0.3) is 0 Å². The molecule has 0 spiro atoms. The molecular formula is C13H12Cl2N2O3. The first kappa shape index (κ1) is 14.6. The predicted octanol–water partition coefficient (Wildman–Crippen LogP) is 3.43. The van der Waals surface area contributed by atoms with Gasteiger partial charge in [0.05, 0.1) is 23.7 Å². The minimum absolute atomic E-state index is 0.147. The smallest absolute Gasteiger partial charge is 0.354 e. The Kier molecular flexibility index (Phi) is 4.42. The number of carbonyl (C=O) groups is 1. The van der Waals surface area contributed by atoms with Crippen molar-refractivity contribution < 1.29 is 14.6 Å². The highest BCUT2D eigenvalue weighted by molar-refractivity contribution is 6.37. The number of anilines is 1. The molecule has 3 N–H and O–H groups in total. The molecule has 7 heteroatoms. The van der Waals surface area contributed by atoms with Crippen molar-refractivity contribution in [1.82, 2.24) is 4.98 Å². The Labute approximate surface area is 125 Å². The average Bonchev–Trinajstić information content (AvgIpc) is 2.90. The van der Waals surface area contributed by atoms with Gasteiger partial charge in [-0.3, -0.25) is 0 Å². The summed E-state index contributed by atoms with van der Waals surface area (Å²) in [4.78, 5) is 14.2. The van der Waals surface area contributed by atoms with Crippen LogP contribution in [0.2, 0.25) is 10.0 Å². The van der Waals surface area contributed by atoms with Crippen molar-refractivity contribution in [2.24, 2.45) is 0 Å². The minimum Gasteiger partial charge on any atom is -0.505 e. The topological polar surface area (TPSA) is 74.3 Å². The Morgan fingerprint density at radius 2 is 2.00 bits per heavy atom. The summed E-state index contributed by atoms with van der Waals surface area (Å²) >= 11 is 11.6. The van der Waals surface area contributed by atoms with Gasteiger partial charge in [-0.25, -0.2) is 4.79 Å². The zero-order chi connectivity index (χ0) is 14.7. The number of phenolic OH excluding ortho intramolecular Hbond substituents is 1. The number of ether oxygens (including phenoxy) is 1. The summed E-state index contributed by atoms with van der Waals surface area (Å²) in [5, 5.41) is 12.9. The maximum Gasteiger partial charge on any atom is 0.354 e. The standard InChI is InChI=1S/C13H12Cl2N2O3/c1-20-13(19)11-3-2-7(17-11)6-16-8-4-9(14)12(18)10(15)5-8/h2-5,16-18H,6H2,1H3. The second-order valence-electron chi connectivity index (χ2n) is 4.03. The van der Waals surface area contributed by atoms with Gasteiger partial charge in [0.15, 0.2) is 5.75 Å². The van der Waals surface area contributed by atoms with Crippen LogP contribution in [0.3, 0.4) is 0 Å². The van der Waals surface area contributed by atoms with Crippen LogP contribution in [0.5, 0.6) is 5.75 Å². The summed E-state index contributed by atoms with van der Waals surface area (Å²) < 4.78 is 4.60. The van der Waals surface area contributed by atoms with Crippen molar-refractivity contribution in [3.05, 3.63) is 45.7 Å². The van der Waals surface area contributed by atoms with Gasteiger partial charge >= 0.3 is 5.97 Å². The van der Waals surface area contributed by atoms with E-state index in [0.717, 1.165) is 5.69 Å². The first-order valence-corrected chi connectivity index (χ1v) is 6.45. The number of rotatable bonds is 4. The van der Waals surface area contributed by atoms with Crippen LogP contribution in [0, 0.1) is 0 Å². The lowest BCUT2D eigenvalue weighted by Crippen LogP contribution is -2.03. The van der Waals surface area contributed by atoms with E-state index in [1.807, 2.05) is 0 Å². The zero-order valence-electron chi connectivity index (χ0n) is 10.5. The van der Waals surface area contributed by atoms with Gasteiger partial charge in [0.25, 0.3) is 0 Å². The number of aromatic hydroxyl groups is 1. The highest BCUT2D eigenvalue weighted by Crippen LogP contribution is 2.34. The van der Waals surface area contributed by atoms with E-state index < -0.39 is 5.97 Å². The molecule has 2 aromatic rings. The molecule has 1 aromatic carbocycles. The molecule has 0 amide bonds. The molecule has 5 nitrogen and oxygen atoms in total. The predicted molar refractivity (Wildman–Crippen MR) is 77.6 cm³/mol. The molecule has 0 aliphatic heterocycles. The van der Waals surface area contributed by atoms with Crippen LogP contribution in [0.15, 0.2) is 24.3 Å². The van der Waals surface area contributed by atoms with Crippen molar-refractivity contribution >= 4 is 34.9 Å². The fourth-order valence-electron chi connectivity index (χ4n) is 1.64. The molecule has 0 radical (unpaired) electrons. The fraction of sp³-hybridized carbons (Fsp3) is 0.154. The largest absolute Gasteiger partial charge is 0.505 e. The summed E-state index contributed by atoms with van der Waals surface area (Å²) in [6.45, 7) is 0.439.